The molecule has 0 aromatic carbocycles. The van der Waals surface area contributed by atoms with E-state index in [0.29, 0.717) is 0 Å². The molecule has 1 atom stereocenters. The summed E-state index contributed by atoms with van der Waals surface area (Å²) in [7, 11) is 1.30. The molecule has 0 spiro atoms. The van der Waals surface area contributed by atoms with E-state index < -0.39 is 36.6 Å². The first kappa shape index (κ1) is 15.7. The molecule has 0 saturated carbocycles. The fourth-order valence-corrected chi connectivity index (χ4v) is 2.10. The lowest BCUT2D eigenvalue weighted by atomic mass is 10.1. The fraction of sp³-hybridized carbons (Fsp3) is 0.500. The third-order valence-electron chi connectivity index (χ3n) is 2.93. The summed E-state index contributed by atoms with van der Waals surface area (Å²) >= 11 is 5.69. The molecule has 1 aliphatic heterocycles. The van der Waals surface area contributed by atoms with E-state index in [1.807, 2.05) is 0 Å². The Morgan fingerprint density at radius 2 is 2.10 bits per heavy atom. The first-order valence-corrected chi connectivity index (χ1v) is 5.94. The van der Waals surface area contributed by atoms with Crippen LogP contribution in [0.25, 0.3) is 0 Å². The number of aryl methyl sites for hydroxylation is 1. The van der Waals surface area contributed by atoms with E-state index in [1.54, 1.807) is 0 Å². The van der Waals surface area contributed by atoms with Gasteiger partial charge in [0.1, 0.15) is 11.4 Å². The van der Waals surface area contributed by atoms with Gasteiger partial charge in [0.05, 0.1) is 11.2 Å². The second kappa shape index (κ2) is 5.26. The summed E-state index contributed by atoms with van der Waals surface area (Å²) in [6, 6.07) is 0. The second-order valence-electron chi connectivity index (χ2n) is 4.33. The number of carbonyl (C=O) groups excluding carboxylic acids is 1. The van der Waals surface area contributed by atoms with Crippen LogP contribution in [0.15, 0.2) is 11.3 Å². The lowest BCUT2D eigenvalue weighted by Crippen LogP contribution is -2.52. The maximum absolute atomic E-state index is 13.0. The van der Waals surface area contributed by atoms with Crippen LogP contribution in [0.5, 0.6) is 0 Å². The molecule has 0 saturated heterocycles. The highest BCUT2D eigenvalue weighted by molar-refractivity contribution is 6.33. The molecule has 116 valence electrons. The van der Waals surface area contributed by atoms with Crippen molar-refractivity contribution in [2.45, 2.75) is 25.0 Å². The third-order valence-corrected chi connectivity index (χ3v) is 3.20. The van der Waals surface area contributed by atoms with Crippen LogP contribution in [-0.4, -0.2) is 50.1 Å². The van der Waals surface area contributed by atoms with Crippen molar-refractivity contribution in [2.24, 2.45) is 12.1 Å². The number of aromatic nitrogens is 2. The molecule has 1 aliphatic rings. The molecule has 1 amide bonds. The Bertz CT molecular complexity index is 586. The number of aliphatic hydroxyl groups is 1. The summed E-state index contributed by atoms with van der Waals surface area (Å²) in [5.74, 6) is -1.25. The standard InChI is InChI=1S/C10H9ClF4N4O2/c1-18-6(4(11)3-16-18)8(20)19-10(21,9(14)15)2-5(17-19)7(12)13/h3,7,9,21H,2H2,1H3. The van der Waals surface area contributed by atoms with Gasteiger partial charge >= 0.3 is 0 Å². The number of carbonyl (C=O) groups is 1. The van der Waals surface area contributed by atoms with Crippen molar-refractivity contribution >= 4 is 23.2 Å². The van der Waals surface area contributed by atoms with Crippen molar-refractivity contribution in [2.75, 3.05) is 0 Å². The predicted molar refractivity (Wildman–Crippen MR) is 63.4 cm³/mol. The van der Waals surface area contributed by atoms with Crippen LogP contribution < -0.4 is 0 Å². The zero-order valence-electron chi connectivity index (χ0n) is 10.5. The molecule has 0 aliphatic carbocycles. The Morgan fingerprint density at radius 1 is 1.48 bits per heavy atom. The molecule has 21 heavy (non-hydrogen) atoms. The number of halogens is 5. The first-order valence-electron chi connectivity index (χ1n) is 5.56. The zero-order valence-corrected chi connectivity index (χ0v) is 11.2. The van der Waals surface area contributed by atoms with Gasteiger partial charge in [-0.1, -0.05) is 11.6 Å². The zero-order chi connectivity index (χ0) is 15.9. The molecule has 2 heterocycles. The van der Waals surface area contributed by atoms with Gasteiger partial charge in [0, 0.05) is 13.5 Å². The maximum atomic E-state index is 13.0. The van der Waals surface area contributed by atoms with Gasteiger partial charge in [-0.2, -0.15) is 15.2 Å². The van der Waals surface area contributed by atoms with E-state index in [4.69, 9.17) is 11.6 Å². The molecule has 1 N–H and O–H groups in total. The van der Waals surface area contributed by atoms with E-state index in [-0.39, 0.29) is 15.7 Å². The Balaban J connectivity index is 2.46. The highest BCUT2D eigenvalue weighted by atomic mass is 35.5. The number of amides is 1. The van der Waals surface area contributed by atoms with Crippen LogP contribution >= 0.6 is 11.6 Å². The Labute approximate surface area is 120 Å². The number of nitrogens with zero attached hydrogens (tertiary/aromatic N) is 4. The largest absolute Gasteiger partial charge is 0.364 e. The molecule has 6 nitrogen and oxygen atoms in total. The minimum atomic E-state index is -3.49. The van der Waals surface area contributed by atoms with Gasteiger partial charge in [-0.05, 0) is 0 Å². The average molecular weight is 329 g/mol. The summed E-state index contributed by atoms with van der Waals surface area (Å²) in [5, 5.41) is 16.3. The summed E-state index contributed by atoms with van der Waals surface area (Å²) in [4.78, 5) is 12.2. The molecular weight excluding hydrogens is 320 g/mol. The molecule has 0 radical (unpaired) electrons. The minimum Gasteiger partial charge on any atom is -0.364 e. The highest BCUT2D eigenvalue weighted by Crippen LogP contribution is 2.34. The number of rotatable bonds is 3. The Hall–Kier alpha value is -1.68. The van der Waals surface area contributed by atoms with Crippen molar-refractivity contribution < 1.29 is 27.5 Å². The molecular formula is C10H9ClF4N4O2. The number of hydrogen-bond acceptors (Lipinski definition) is 4. The molecule has 11 heteroatoms. The van der Waals surface area contributed by atoms with E-state index in [2.05, 4.69) is 10.2 Å². The lowest BCUT2D eigenvalue weighted by molar-refractivity contribution is -0.164. The SMILES string of the molecule is Cn1ncc(Cl)c1C(=O)N1N=C(C(F)F)CC1(O)C(F)F. The Kier molecular flexibility index (Phi) is 3.93. The number of hydrazone groups is 1. The second-order valence-corrected chi connectivity index (χ2v) is 4.74. The molecule has 0 bridgehead atoms. The highest BCUT2D eigenvalue weighted by Gasteiger charge is 2.54. The minimum absolute atomic E-state index is 0.0674. The van der Waals surface area contributed by atoms with Crippen LogP contribution in [-0.2, 0) is 7.05 Å². The van der Waals surface area contributed by atoms with Gasteiger partial charge in [-0.25, -0.2) is 17.6 Å². The number of hydrogen-bond donors (Lipinski definition) is 1. The smallest absolute Gasteiger partial charge is 0.296 e. The summed E-state index contributed by atoms with van der Waals surface area (Å²) in [5.41, 5.74) is -4.50. The maximum Gasteiger partial charge on any atom is 0.296 e. The van der Waals surface area contributed by atoms with Gasteiger partial charge in [0.2, 0.25) is 5.72 Å². The summed E-state index contributed by atoms with van der Waals surface area (Å²) < 4.78 is 52.2. The third kappa shape index (κ3) is 2.48. The van der Waals surface area contributed by atoms with E-state index in [0.717, 1.165) is 10.9 Å². The fourth-order valence-electron chi connectivity index (χ4n) is 1.86. The van der Waals surface area contributed by atoms with Crippen LogP contribution in [0.3, 0.4) is 0 Å². The van der Waals surface area contributed by atoms with Crippen LogP contribution in [0.4, 0.5) is 17.6 Å². The monoisotopic (exact) mass is 328 g/mol. The van der Waals surface area contributed by atoms with Crippen molar-refractivity contribution in [1.29, 1.82) is 0 Å². The first-order chi connectivity index (χ1) is 9.68. The van der Waals surface area contributed by atoms with E-state index in [1.165, 1.54) is 7.05 Å². The van der Waals surface area contributed by atoms with Crippen LogP contribution in [0, 0.1) is 0 Å². The van der Waals surface area contributed by atoms with Crippen molar-refractivity contribution in [3.8, 4) is 0 Å². The summed E-state index contributed by atoms with van der Waals surface area (Å²) in [6.45, 7) is 0. The van der Waals surface area contributed by atoms with Gasteiger partial charge < -0.3 is 5.11 Å². The Morgan fingerprint density at radius 3 is 2.52 bits per heavy atom. The van der Waals surface area contributed by atoms with Gasteiger partial charge in [0.15, 0.2) is 0 Å². The van der Waals surface area contributed by atoms with Crippen LogP contribution in [0.1, 0.15) is 16.9 Å². The van der Waals surface area contributed by atoms with Crippen molar-refractivity contribution in [3.05, 3.63) is 16.9 Å². The molecule has 1 unspecified atom stereocenters. The van der Waals surface area contributed by atoms with Crippen molar-refractivity contribution in [1.82, 2.24) is 14.8 Å². The topological polar surface area (TPSA) is 70.7 Å². The normalized spacial score (nSPS) is 22.3. The van der Waals surface area contributed by atoms with Crippen LogP contribution in [0.2, 0.25) is 5.02 Å². The lowest BCUT2D eigenvalue weighted by Gasteiger charge is -2.29. The molecule has 2 rings (SSSR count). The van der Waals surface area contributed by atoms with Gasteiger partial charge in [-0.15, -0.1) is 0 Å². The molecule has 1 aromatic heterocycles. The number of alkyl halides is 4. The van der Waals surface area contributed by atoms with Gasteiger partial charge in [0.25, 0.3) is 18.8 Å². The molecule has 1 aromatic rings. The summed E-state index contributed by atoms with van der Waals surface area (Å²) in [6.07, 6.45) is -6.74. The van der Waals surface area contributed by atoms with Crippen molar-refractivity contribution in [3.63, 3.8) is 0 Å². The van der Waals surface area contributed by atoms with Gasteiger partial charge in [-0.3, -0.25) is 9.48 Å². The average Bonchev–Trinajstić information content (AvgIpc) is 2.91. The predicted octanol–water partition coefficient (Wildman–Crippen LogP) is 1.49. The van der Waals surface area contributed by atoms with E-state index >= 15 is 0 Å². The molecule has 0 fully saturated rings. The quantitative estimate of drug-likeness (QED) is 0.855. The van der Waals surface area contributed by atoms with E-state index in [9.17, 15) is 27.5 Å².